The fraction of sp³-hybridized carbons (Fsp3) is 0.318. The van der Waals surface area contributed by atoms with Crippen molar-refractivity contribution >= 4 is 57.0 Å². The van der Waals surface area contributed by atoms with Gasteiger partial charge in [-0.1, -0.05) is 23.2 Å². The van der Waals surface area contributed by atoms with E-state index in [4.69, 9.17) is 34.5 Å². The summed E-state index contributed by atoms with van der Waals surface area (Å²) < 4.78 is 36.3. The fourth-order valence-corrected chi connectivity index (χ4v) is 4.42. The predicted octanol–water partition coefficient (Wildman–Crippen LogP) is 5.75. The number of fused-ring (bicyclic) bond motifs is 3. The Balaban J connectivity index is 1.63. The van der Waals surface area contributed by atoms with Gasteiger partial charge in [0.2, 0.25) is 11.4 Å². The molecule has 1 aromatic carbocycles. The fourth-order valence-electron chi connectivity index (χ4n) is 4.05. The number of aromatic nitrogens is 2. The second-order valence-corrected chi connectivity index (χ2v) is 8.94. The summed E-state index contributed by atoms with van der Waals surface area (Å²) in [5, 5.41) is 6.70. The molecule has 3 aromatic rings. The molecule has 1 aliphatic heterocycles. The van der Waals surface area contributed by atoms with E-state index in [0.717, 1.165) is 0 Å². The molecule has 0 amide bonds. The molecule has 0 radical (unpaired) electrons. The zero-order chi connectivity index (χ0) is 23.5. The van der Waals surface area contributed by atoms with Gasteiger partial charge < -0.3 is 19.9 Å². The highest BCUT2D eigenvalue weighted by Gasteiger charge is 2.51. The average molecular weight is 492 g/mol. The minimum Gasteiger partial charge on any atom is -0.480 e. The van der Waals surface area contributed by atoms with Gasteiger partial charge in [0.05, 0.1) is 28.8 Å². The number of anilines is 3. The third-order valence-electron chi connectivity index (χ3n) is 5.90. The number of nitrogens with one attached hydrogen (secondary N) is 2. The molecule has 11 heteroatoms. The predicted molar refractivity (Wildman–Crippen MR) is 124 cm³/mol. The lowest BCUT2D eigenvalue weighted by Crippen LogP contribution is -2.44. The van der Waals surface area contributed by atoms with Crippen LogP contribution in [0, 0.1) is 12.5 Å². The number of pyridine rings is 2. The Kier molecular flexibility index (Phi) is 5.10. The van der Waals surface area contributed by atoms with Gasteiger partial charge in [0.1, 0.15) is 11.0 Å². The topological polar surface area (TPSA) is 72.5 Å². The number of rotatable bonds is 3. The molecule has 1 aliphatic carbocycles. The first kappa shape index (κ1) is 21.7. The zero-order valence-electron chi connectivity index (χ0n) is 17.3. The van der Waals surface area contributed by atoms with E-state index in [1.807, 2.05) is 0 Å². The summed E-state index contributed by atoms with van der Waals surface area (Å²) in [6.45, 7) is 6.24. The summed E-state index contributed by atoms with van der Waals surface area (Å²) in [6, 6.07) is 5.38. The van der Waals surface area contributed by atoms with Gasteiger partial charge in [-0.2, -0.15) is 0 Å². The first-order chi connectivity index (χ1) is 15.7. The van der Waals surface area contributed by atoms with Gasteiger partial charge >= 0.3 is 5.92 Å². The van der Waals surface area contributed by atoms with E-state index in [9.17, 15) is 13.6 Å². The molecule has 2 aliphatic rings. The largest absolute Gasteiger partial charge is 0.480 e. The maximum absolute atomic E-state index is 14.8. The Morgan fingerprint density at radius 1 is 1.33 bits per heavy atom. The third kappa shape index (κ3) is 3.73. The standard InChI is InChI=1S/C22H17Cl2F2N5O2/c1-27-14-8-13(23)20(30-19(14)24)28-11-5-6-15-12(7-11)16-17(21(32)31(15)2)33-9-22(25,26)18(29-16)10-3-4-10/h5-8,10,18,29H,3-4,9H2,2H3,(H,28,30)/t18-/m0/s1. The first-order valence-corrected chi connectivity index (χ1v) is 10.9. The SMILES string of the molecule is [C-]#[N+]c1cc(Cl)c(Nc2ccc3c(c2)c2c(c(=O)n3C)OCC(F)(F)[C@H](C3CC3)N2)nc1Cl. The number of hydrogen-bond acceptors (Lipinski definition) is 5. The number of alkyl halides is 2. The highest BCUT2D eigenvalue weighted by Crippen LogP contribution is 2.45. The van der Waals surface area contributed by atoms with E-state index >= 15 is 0 Å². The van der Waals surface area contributed by atoms with Crippen LogP contribution >= 0.6 is 23.2 Å². The molecule has 2 aromatic heterocycles. The monoisotopic (exact) mass is 491 g/mol. The van der Waals surface area contributed by atoms with Crippen LogP contribution in [0.15, 0.2) is 29.1 Å². The third-order valence-corrected chi connectivity index (χ3v) is 6.47. The first-order valence-electron chi connectivity index (χ1n) is 10.1. The van der Waals surface area contributed by atoms with Gasteiger partial charge in [-0.3, -0.25) is 4.79 Å². The summed E-state index contributed by atoms with van der Waals surface area (Å²) in [5.41, 5.74) is 0.945. The van der Waals surface area contributed by atoms with Crippen LogP contribution in [0.5, 0.6) is 5.75 Å². The maximum Gasteiger partial charge on any atom is 0.301 e. The molecule has 1 atom stereocenters. The molecule has 33 heavy (non-hydrogen) atoms. The van der Waals surface area contributed by atoms with Crippen molar-refractivity contribution in [3.05, 3.63) is 56.2 Å². The lowest BCUT2D eigenvalue weighted by molar-refractivity contribution is -0.0579. The minimum atomic E-state index is -3.12. The Hall–Kier alpha value is -3.09. The highest BCUT2D eigenvalue weighted by molar-refractivity contribution is 6.36. The van der Waals surface area contributed by atoms with Crippen molar-refractivity contribution in [3.8, 4) is 5.75 Å². The van der Waals surface area contributed by atoms with Crippen LogP contribution in [0.4, 0.5) is 31.7 Å². The van der Waals surface area contributed by atoms with E-state index in [0.29, 0.717) is 29.4 Å². The van der Waals surface area contributed by atoms with Gasteiger partial charge in [0.15, 0.2) is 6.61 Å². The van der Waals surface area contributed by atoms with Crippen LogP contribution in [0.2, 0.25) is 10.2 Å². The quantitative estimate of drug-likeness (QED) is 0.360. The van der Waals surface area contributed by atoms with Crippen LogP contribution in [0.25, 0.3) is 15.7 Å². The van der Waals surface area contributed by atoms with Crippen molar-refractivity contribution in [3.63, 3.8) is 0 Å². The molecule has 3 heterocycles. The summed E-state index contributed by atoms with van der Waals surface area (Å²) >= 11 is 12.3. The van der Waals surface area contributed by atoms with Crippen LogP contribution in [0.3, 0.4) is 0 Å². The van der Waals surface area contributed by atoms with E-state index in [2.05, 4.69) is 20.5 Å². The van der Waals surface area contributed by atoms with Crippen molar-refractivity contribution in [2.24, 2.45) is 13.0 Å². The normalized spacial score (nSPS) is 19.1. The Morgan fingerprint density at radius 2 is 2.09 bits per heavy atom. The number of hydrogen-bond donors (Lipinski definition) is 2. The Bertz CT molecular complexity index is 1400. The highest BCUT2D eigenvalue weighted by atomic mass is 35.5. The molecule has 7 nitrogen and oxygen atoms in total. The molecule has 5 rings (SSSR count). The lowest BCUT2D eigenvalue weighted by atomic mass is 10.0. The number of ether oxygens (including phenoxy) is 1. The Morgan fingerprint density at radius 3 is 2.79 bits per heavy atom. The number of benzene rings is 1. The van der Waals surface area contributed by atoms with Crippen LogP contribution in [-0.2, 0) is 7.05 Å². The Labute approximate surface area is 197 Å². The molecule has 2 N–H and O–H groups in total. The molecule has 0 saturated heterocycles. The van der Waals surface area contributed by atoms with Crippen molar-refractivity contribution in [1.29, 1.82) is 0 Å². The van der Waals surface area contributed by atoms with Gasteiger partial charge in [-0.15, -0.1) is 0 Å². The van der Waals surface area contributed by atoms with Gasteiger partial charge in [-0.25, -0.2) is 18.6 Å². The number of halogens is 4. The lowest BCUT2D eigenvalue weighted by Gasteiger charge is -2.25. The summed E-state index contributed by atoms with van der Waals surface area (Å²) in [5.74, 6) is -3.20. The van der Waals surface area contributed by atoms with Gasteiger partial charge in [0, 0.05) is 18.1 Å². The van der Waals surface area contributed by atoms with E-state index in [1.165, 1.54) is 10.6 Å². The molecular weight excluding hydrogens is 475 g/mol. The summed E-state index contributed by atoms with van der Waals surface area (Å²) in [6.07, 6.45) is 1.40. The molecular formula is C22H17Cl2F2N5O2. The van der Waals surface area contributed by atoms with Crippen molar-refractivity contribution in [2.75, 3.05) is 17.2 Å². The number of aryl methyl sites for hydroxylation is 1. The van der Waals surface area contributed by atoms with E-state index < -0.39 is 24.1 Å². The second-order valence-electron chi connectivity index (χ2n) is 8.17. The van der Waals surface area contributed by atoms with E-state index in [-0.39, 0.29) is 39.0 Å². The van der Waals surface area contributed by atoms with Crippen LogP contribution in [0.1, 0.15) is 12.8 Å². The molecule has 1 saturated carbocycles. The van der Waals surface area contributed by atoms with Crippen molar-refractivity contribution < 1.29 is 13.5 Å². The molecule has 0 spiro atoms. The molecule has 0 bridgehead atoms. The van der Waals surface area contributed by atoms with E-state index in [1.54, 1.807) is 25.2 Å². The van der Waals surface area contributed by atoms with Gasteiger partial charge in [0.25, 0.3) is 5.56 Å². The zero-order valence-corrected chi connectivity index (χ0v) is 18.8. The summed E-state index contributed by atoms with van der Waals surface area (Å²) in [7, 11) is 1.56. The minimum absolute atomic E-state index is 0.00136. The molecule has 170 valence electrons. The molecule has 0 unspecified atom stereocenters. The molecule has 1 fully saturated rings. The van der Waals surface area contributed by atoms with Gasteiger partial charge in [-0.05, 0) is 43.0 Å². The van der Waals surface area contributed by atoms with Crippen molar-refractivity contribution in [1.82, 2.24) is 9.55 Å². The van der Waals surface area contributed by atoms with Crippen molar-refractivity contribution in [2.45, 2.75) is 24.8 Å². The summed E-state index contributed by atoms with van der Waals surface area (Å²) in [4.78, 5) is 20.3. The van der Waals surface area contributed by atoms with Crippen LogP contribution < -0.4 is 20.9 Å². The van der Waals surface area contributed by atoms with Crippen LogP contribution in [-0.4, -0.2) is 28.1 Å². The average Bonchev–Trinajstić information content (AvgIpc) is 3.62. The maximum atomic E-state index is 14.8. The number of nitrogens with zero attached hydrogens (tertiary/aromatic N) is 3. The smallest absolute Gasteiger partial charge is 0.301 e. The second kappa shape index (κ2) is 7.75.